The number of ether oxygens (including phenoxy) is 1. The highest BCUT2D eigenvalue weighted by Crippen LogP contribution is 2.20. The maximum atomic E-state index is 12.1. The Morgan fingerprint density at radius 2 is 1.91 bits per heavy atom. The zero-order valence-corrected chi connectivity index (χ0v) is 12.3. The van der Waals surface area contributed by atoms with Gasteiger partial charge < -0.3 is 10.1 Å². The molecular weight excluding hydrogens is 284 g/mol. The van der Waals surface area contributed by atoms with Crippen LogP contribution in [0.5, 0.6) is 5.75 Å². The van der Waals surface area contributed by atoms with Crippen molar-refractivity contribution in [1.82, 2.24) is 0 Å². The van der Waals surface area contributed by atoms with E-state index in [2.05, 4.69) is 5.32 Å². The zero-order valence-electron chi connectivity index (χ0n) is 12.3. The van der Waals surface area contributed by atoms with E-state index in [9.17, 15) is 14.9 Å². The van der Waals surface area contributed by atoms with Crippen LogP contribution in [0.1, 0.15) is 22.8 Å². The van der Waals surface area contributed by atoms with Crippen molar-refractivity contribution >= 4 is 17.3 Å². The van der Waals surface area contributed by atoms with Gasteiger partial charge in [-0.05, 0) is 50.2 Å². The first-order valence-electron chi connectivity index (χ1n) is 6.80. The van der Waals surface area contributed by atoms with Gasteiger partial charge in [-0.2, -0.15) is 0 Å². The van der Waals surface area contributed by atoms with Gasteiger partial charge in [-0.15, -0.1) is 0 Å². The van der Waals surface area contributed by atoms with Gasteiger partial charge >= 0.3 is 0 Å². The van der Waals surface area contributed by atoms with Gasteiger partial charge in [-0.3, -0.25) is 14.9 Å². The van der Waals surface area contributed by atoms with Crippen LogP contribution >= 0.6 is 0 Å². The van der Waals surface area contributed by atoms with Crippen molar-refractivity contribution in [3.05, 3.63) is 63.7 Å². The van der Waals surface area contributed by atoms with Crippen LogP contribution in [-0.4, -0.2) is 17.4 Å². The highest BCUT2D eigenvalue weighted by atomic mass is 16.6. The van der Waals surface area contributed by atoms with Gasteiger partial charge in [0.1, 0.15) is 5.75 Å². The van der Waals surface area contributed by atoms with E-state index in [0.717, 1.165) is 5.75 Å². The Bertz CT molecular complexity index is 696. The summed E-state index contributed by atoms with van der Waals surface area (Å²) in [4.78, 5) is 22.4. The first-order chi connectivity index (χ1) is 10.5. The number of aryl methyl sites for hydroxylation is 1. The van der Waals surface area contributed by atoms with Crippen LogP contribution in [0.3, 0.4) is 0 Å². The Labute approximate surface area is 127 Å². The molecule has 0 radical (unpaired) electrons. The highest BCUT2D eigenvalue weighted by Gasteiger charge is 2.13. The van der Waals surface area contributed by atoms with Crippen LogP contribution in [0, 0.1) is 17.0 Å². The SMILES string of the molecule is CCOc1ccc(NC(=O)c2ccc([N+](=O)[O-])c(C)c2)cc1. The molecule has 114 valence electrons. The lowest BCUT2D eigenvalue weighted by Crippen LogP contribution is -2.12. The van der Waals surface area contributed by atoms with Crippen LogP contribution < -0.4 is 10.1 Å². The third-order valence-electron chi connectivity index (χ3n) is 3.08. The second-order valence-electron chi connectivity index (χ2n) is 4.67. The number of amides is 1. The molecule has 22 heavy (non-hydrogen) atoms. The van der Waals surface area contributed by atoms with Crippen LogP contribution in [-0.2, 0) is 0 Å². The molecule has 6 heteroatoms. The minimum absolute atomic E-state index is 0.00221. The molecule has 1 amide bonds. The Kier molecular flexibility index (Phi) is 4.73. The van der Waals surface area contributed by atoms with Gasteiger partial charge in [0, 0.05) is 22.9 Å². The molecule has 0 spiro atoms. The van der Waals surface area contributed by atoms with Crippen LogP contribution in [0.2, 0.25) is 0 Å². The number of anilines is 1. The average molecular weight is 300 g/mol. The summed E-state index contributed by atoms with van der Waals surface area (Å²) in [5.41, 5.74) is 1.45. The van der Waals surface area contributed by atoms with Gasteiger partial charge in [0.05, 0.1) is 11.5 Å². The molecule has 0 atom stereocenters. The minimum atomic E-state index is -0.469. The molecule has 0 aliphatic heterocycles. The molecule has 0 unspecified atom stereocenters. The zero-order chi connectivity index (χ0) is 16.1. The molecule has 0 fully saturated rings. The summed E-state index contributed by atoms with van der Waals surface area (Å²) in [6, 6.07) is 11.3. The molecular formula is C16H16N2O4. The number of hydrogen-bond donors (Lipinski definition) is 1. The third-order valence-corrected chi connectivity index (χ3v) is 3.08. The summed E-state index contributed by atoms with van der Waals surface area (Å²) in [7, 11) is 0. The van der Waals surface area contributed by atoms with Crippen LogP contribution in [0.25, 0.3) is 0 Å². The molecule has 6 nitrogen and oxygen atoms in total. The van der Waals surface area contributed by atoms with E-state index in [1.54, 1.807) is 31.2 Å². The Morgan fingerprint density at radius 3 is 2.45 bits per heavy atom. The number of benzene rings is 2. The number of carbonyl (C=O) groups is 1. The lowest BCUT2D eigenvalue weighted by Gasteiger charge is -2.08. The number of nitrogens with one attached hydrogen (secondary N) is 1. The molecule has 1 N–H and O–H groups in total. The van der Waals surface area contributed by atoms with E-state index in [1.165, 1.54) is 18.2 Å². The standard InChI is InChI=1S/C16H16N2O4/c1-3-22-14-7-5-13(6-8-14)17-16(19)12-4-9-15(18(20)21)11(2)10-12/h4-10H,3H2,1-2H3,(H,17,19). The van der Waals surface area contributed by atoms with E-state index in [1.807, 2.05) is 6.92 Å². The number of nitro groups is 1. The van der Waals surface area contributed by atoms with Crippen molar-refractivity contribution in [3.63, 3.8) is 0 Å². The monoisotopic (exact) mass is 300 g/mol. The number of nitro benzene ring substituents is 1. The molecule has 2 aromatic rings. The van der Waals surface area contributed by atoms with Crippen LogP contribution in [0.15, 0.2) is 42.5 Å². The number of hydrogen-bond acceptors (Lipinski definition) is 4. The fourth-order valence-corrected chi connectivity index (χ4v) is 2.01. The summed E-state index contributed by atoms with van der Waals surface area (Å²) in [6.45, 7) is 4.08. The molecule has 0 bridgehead atoms. The predicted octanol–water partition coefficient (Wildman–Crippen LogP) is 3.55. The third kappa shape index (κ3) is 3.60. The molecule has 0 aliphatic carbocycles. The van der Waals surface area contributed by atoms with Gasteiger partial charge in [-0.25, -0.2) is 0 Å². The van der Waals surface area contributed by atoms with E-state index in [0.29, 0.717) is 23.4 Å². The molecule has 0 aromatic heterocycles. The molecule has 0 saturated carbocycles. The molecule has 2 aromatic carbocycles. The summed E-state index contributed by atoms with van der Waals surface area (Å²) in [5.74, 6) is 0.411. The normalized spacial score (nSPS) is 10.1. The van der Waals surface area contributed by atoms with Gasteiger partial charge in [0.2, 0.25) is 0 Å². The Morgan fingerprint density at radius 1 is 1.23 bits per heavy atom. The maximum Gasteiger partial charge on any atom is 0.272 e. The average Bonchev–Trinajstić information content (AvgIpc) is 2.49. The van der Waals surface area contributed by atoms with Crippen molar-refractivity contribution in [1.29, 1.82) is 0 Å². The van der Waals surface area contributed by atoms with Crippen molar-refractivity contribution in [2.75, 3.05) is 11.9 Å². The lowest BCUT2D eigenvalue weighted by atomic mass is 10.1. The summed E-state index contributed by atoms with van der Waals surface area (Å²) >= 11 is 0. The first kappa shape index (κ1) is 15.5. The van der Waals surface area contributed by atoms with E-state index >= 15 is 0 Å². The number of rotatable bonds is 5. The number of carbonyl (C=O) groups excluding carboxylic acids is 1. The molecule has 2 rings (SSSR count). The summed E-state index contributed by atoms with van der Waals surface area (Å²) in [5, 5.41) is 13.5. The van der Waals surface area contributed by atoms with Crippen molar-refractivity contribution in [2.24, 2.45) is 0 Å². The summed E-state index contributed by atoms with van der Waals surface area (Å²) in [6.07, 6.45) is 0. The largest absolute Gasteiger partial charge is 0.494 e. The Hall–Kier alpha value is -2.89. The van der Waals surface area contributed by atoms with E-state index in [4.69, 9.17) is 4.74 Å². The van der Waals surface area contributed by atoms with E-state index in [-0.39, 0.29) is 11.6 Å². The smallest absolute Gasteiger partial charge is 0.272 e. The lowest BCUT2D eigenvalue weighted by molar-refractivity contribution is -0.385. The molecule has 0 aliphatic rings. The van der Waals surface area contributed by atoms with Gasteiger partial charge in [0.25, 0.3) is 11.6 Å². The van der Waals surface area contributed by atoms with Crippen molar-refractivity contribution in [3.8, 4) is 5.75 Å². The summed E-state index contributed by atoms with van der Waals surface area (Å²) < 4.78 is 5.33. The first-order valence-corrected chi connectivity index (χ1v) is 6.80. The van der Waals surface area contributed by atoms with Crippen molar-refractivity contribution in [2.45, 2.75) is 13.8 Å². The molecule has 0 saturated heterocycles. The van der Waals surface area contributed by atoms with E-state index < -0.39 is 4.92 Å². The topological polar surface area (TPSA) is 81.5 Å². The number of nitrogens with zero attached hydrogens (tertiary/aromatic N) is 1. The Balaban J connectivity index is 2.11. The predicted molar refractivity (Wildman–Crippen MR) is 83.4 cm³/mol. The minimum Gasteiger partial charge on any atom is -0.494 e. The highest BCUT2D eigenvalue weighted by molar-refractivity contribution is 6.04. The van der Waals surface area contributed by atoms with Gasteiger partial charge in [0.15, 0.2) is 0 Å². The van der Waals surface area contributed by atoms with Crippen LogP contribution in [0.4, 0.5) is 11.4 Å². The second kappa shape index (κ2) is 6.71. The molecule has 0 heterocycles. The fraction of sp³-hybridized carbons (Fsp3) is 0.188. The quantitative estimate of drug-likeness (QED) is 0.676. The second-order valence-corrected chi connectivity index (χ2v) is 4.67. The van der Waals surface area contributed by atoms with Crippen molar-refractivity contribution < 1.29 is 14.5 Å². The fourth-order valence-electron chi connectivity index (χ4n) is 2.01. The maximum absolute atomic E-state index is 12.1. The van der Waals surface area contributed by atoms with Gasteiger partial charge in [-0.1, -0.05) is 0 Å².